The third-order valence-corrected chi connectivity index (χ3v) is 6.25. The number of carbonyl (C=O) groups is 3. The van der Waals surface area contributed by atoms with Gasteiger partial charge in [0.25, 0.3) is 5.91 Å². The van der Waals surface area contributed by atoms with Crippen molar-refractivity contribution in [1.29, 1.82) is 0 Å². The minimum Gasteiger partial charge on any atom is -0.466 e. The third kappa shape index (κ3) is 5.06. The molecule has 1 aliphatic heterocycles. The molecule has 0 bridgehead atoms. The van der Waals surface area contributed by atoms with Gasteiger partial charge in [-0.3, -0.25) is 14.4 Å². The number of furan rings is 1. The number of likely N-dealkylation sites (tertiary alicyclic amines) is 1. The van der Waals surface area contributed by atoms with Crippen LogP contribution in [0.2, 0.25) is 0 Å². The predicted molar refractivity (Wildman–Crippen MR) is 129 cm³/mol. The van der Waals surface area contributed by atoms with Crippen LogP contribution in [0.4, 0.5) is 0 Å². The van der Waals surface area contributed by atoms with Crippen molar-refractivity contribution in [3.63, 3.8) is 0 Å². The number of piperidine rings is 1. The summed E-state index contributed by atoms with van der Waals surface area (Å²) in [6.07, 6.45) is 4.32. The van der Waals surface area contributed by atoms with Crippen molar-refractivity contribution in [2.45, 2.75) is 39.7 Å². The highest BCUT2D eigenvalue weighted by Crippen LogP contribution is 2.27. The zero-order valence-corrected chi connectivity index (χ0v) is 20.6. The zero-order chi connectivity index (χ0) is 25.1. The maximum atomic E-state index is 13.5. The normalized spacial score (nSPS) is 14.5. The topological polar surface area (TPSA) is 111 Å². The summed E-state index contributed by atoms with van der Waals surface area (Å²) in [5, 5.41) is 5.05. The van der Waals surface area contributed by atoms with Crippen LogP contribution in [0.3, 0.4) is 0 Å². The molecule has 1 fully saturated rings. The van der Waals surface area contributed by atoms with E-state index in [2.05, 4.69) is 5.10 Å². The van der Waals surface area contributed by atoms with Crippen LogP contribution in [0.5, 0.6) is 0 Å². The lowest BCUT2D eigenvalue weighted by Crippen LogP contribution is -2.45. The molecule has 10 heteroatoms. The van der Waals surface area contributed by atoms with Crippen molar-refractivity contribution < 1.29 is 23.5 Å². The second kappa shape index (κ2) is 10.3. The molecule has 186 valence electrons. The molecule has 0 unspecified atom stereocenters. The number of fused-ring (bicyclic) bond motifs is 1. The molecular formula is C25H31N5O5. The quantitative estimate of drug-likeness (QED) is 0.477. The van der Waals surface area contributed by atoms with E-state index in [1.807, 2.05) is 13.8 Å². The number of hydrogen-bond acceptors (Lipinski definition) is 7. The van der Waals surface area contributed by atoms with Crippen molar-refractivity contribution in [2.75, 3.05) is 33.3 Å². The standard InChI is InChI=1S/C25H31N5O5/c1-5-34-25(33)17-8-10-29(11-9-17)22(31)15-28(4)24(32)18-13-20(21-7-6-12-35-21)27-23-19(18)14-26-30(23)16(2)3/h6-7,12-14,16-17H,5,8-11,15H2,1-4H3. The van der Waals surface area contributed by atoms with E-state index in [4.69, 9.17) is 14.1 Å². The van der Waals surface area contributed by atoms with Crippen LogP contribution >= 0.6 is 0 Å². The Morgan fingerprint density at radius 1 is 1.26 bits per heavy atom. The molecule has 4 rings (SSSR count). The Kier molecular flexibility index (Phi) is 7.18. The summed E-state index contributed by atoms with van der Waals surface area (Å²) >= 11 is 0. The SMILES string of the molecule is CCOC(=O)C1CCN(C(=O)CN(C)C(=O)c2cc(-c3ccco3)nc3c2cnn3C(C)C)CC1. The Morgan fingerprint density at radius 2 is 2.00 bits per heavy atom. The Hall–Kier alpha value is -3.69. The van der Waals surface area contributed by atoms with Crippen molar-refractivity contribution in [3.05, 3.63) is 36.2 Å². The van der Waals surface area contributed by atoms with E-state index in [1.165, 1.54) is 4.90 Å². The molecule has 0 aliphatic carbocycles. The van der Waals surface area contributed by atoms with Crippen LogP contribution in [0.15, 0.2) is 35.1 Å². The first kappa shape index (κ1) is 24.4. The second-order valence-electron chi connectivity index (χ2n) is 9.02. The molecule has 1 saturated heterocycles. The van der Waals surface area contributed by atoms with Crippen LogP contribution < -0.4 is 0 Å². The minimum absolute atomic E-state index is 0.0478. The number of likely N-dealkylation sites (N-methyl/N-ethyl adjacent to an activating group) is 1. The summed E-state index contributed by atoms with van der Waals surface area (Å²) in [5.74, 6) is -0.301. The molecule has 35 heavy (non-hydrogen) atoms. The van der Waals surface area contributed by atoms with E-state index >= 15 is 0 Å². The molecule has 0 spiro atoms. The van der Waals surface area contributed by atoms with Crippen LogP contribution in [0.25, 0.3) is 22.5 Å². The van der Waals surface area contributed by atoms with Gasteiger partial charge in [-0.15, -0.1) is 0 Å². The first-order valence-electron chi connectivity index (χ1n) is 11.9. The molecule has 0 N–H and O–H groups in total. The average molecular weight is 482 g/mol. The monoisotopic (exact) mass is 481 g/mol. The van der Waals surface area contributed by atoms with Gasteiger partial charge in [-0.05, 0) is 51.8 Å². The average Bonchev–Trinajstić information content (AvgIpc) is 3.53. The number of aromatic nitrogens is 3. The van der Waals surface area contributed by atoms with Gasteiger partial charge in [0.15, 0.2) is 11.4 Å². The van der Waals surface area contributed by atoms with E-state index in [0.717, 1.165) is 0 Å². The summed E-state index contributed by atoms with van der Waals surface area (Å²) in [6.45, 7) is 6.98. The highest BCUT2D eigenvalue weighted by atomic mass is 16.5. The van der Waals surface area contributed by atoms with E-state index in [-0.39, 0.29) is 36.3 Å². The first-order valence-corrected chi connectivity index (χ1v) is 11.9. The van der Waals surface area contributed by atoms with E-state index in [0.29, 0.717) is 60.6 Å². The number of pyridine rings is 1. The lowest BCUT2D eigenvalue weighted by molar-refractivity contribution is -0.151. The van der Waals surface area contributed by atoms with Gasteiger partial charge in [0.05, 0.1) is 42.5 Å². The predicted octanol–water partition coefficient (Wildman–Crippen LogP) is 3.15. The molecule has 0 radical (unpaired) electrons. The van der Waals surface area contributed by atoms with Crippen molar-refractivity contribution >= 4 is 28.8 Å². The second-order valence-corrected chi connectivity index (χ2v) is 9.02. The summed E-state index contributed by atoms with van der Waals surface area (Å²) in [5.41, 5.74) is 1.51. The van der Waals surface area contributed by atoms with Crippen molar-refractivity contribution in [2.24, 2.45) is 5.92 Å². The summed E-state index contributed by atoms with van der Waals surface area (Å²) in [4.78, 5) is 46.2. The molecule has 3 aromatic heterocycles. The van der Waals surface area contributed by atoms with Gasteiger partial charge in [0.1, 0.15) is 5.69 Å². The summed E-state index contributed by atoms with van der Waals surface area (Å²) in [6, 6.07) is 5.28. The van der Waals surface area contributed by atoms with Crippen LogP contribution in [-0.4, -0.2) is 75.6 Å². The third-order valence-electron chi connectivity index (χ3n) is 6.25. The number of ether oxygens (including phenoxy) is 1. The van der Waals surface area contributed by atoms with Gasteiger partial charge in [0.2, 0.25) is 5.91 Å². The summed E-state index contributed by atoms with van der Waals surface area (Å²) in [7, 11) is 1.61. The lowest BCUT2D eigenvalue weighted by Gasteiger charge is -2.32. The van der Waals surface area contributed by atoms with Gasteiger partial charge < -0.3 is 19.0 Å². The Balaban J connectivity index is 1.52. The Morgan fingerprint density at radius 3 is 2.63 bits per heavy atom. The lowest BCUT2D eigenvalue weighted by atomic mass is 9.97. The number of esters is 1. The largest absolute Gasteiger partial charge is 0.466 e. The number of rotatable bonds is 7. The van der Waals surface area contributed by atoms with E-state index in [1.54, 1.807) is 54.2 Å². The number of nitrogens with zero attached hydrogens (tertiary/aromatic N) is 5. The van der Waals surface area contributed by atoms with E-state index in [9.17, 15) is 14.4 Å². The number of hydrogen-bond donors (Lipinski definition) is 0. The number of carbonyl (C=O) groups excluding carboxylic acids is 3. The van der Waals surface area contributed by atoms with Crippen molar-refractivity contribution in [1.82, 2.24) is 24.6 Å². The molecule has 1 aliphatic rings. The maximum absolute atomic E-state index is 13.5. The van der Waals surface area contributed by atoms with Gasteiger partial charge in [0, 0.05) is 26.2 Å². The molecule has 2 amide bonds. The summed E-state index contributed by atoms with van der Waals surface area (Å²) < 4.78 is 12.4. The van der Waals surface area contributed by atoms with Gasteiger partial charge in [-0.1, -0.05) is 0 Å². The Bertz CT molecular complexity index is 1210. The van der Waals surface area contributed by atoms with Crippen LogP contribution in [0.1, 0.15) is 50.0 Å². The van der Waals surface area contributed by atoms with Gasteiger partial charge >= 0.3 is 5.97 Å². The minimum atomic E-state index is -0.303. The van der Waals surface area contributed by atoms with Gasteiger partial charge in [-0.2, -0.15) is 5.10 Å². The Labute approximate surface area is 203 Å². The zero-order valence-electron chi connectivity index (χ0n) is 20.6. The molecule has 3 aromatic rings. The highest BCUT2D eigenvalue weighted by Gasteiger charge is 2.29. The van der Waals surface area contributed by atoms with E-state index < -0.39 is 0 Å². The molecule has 0 aromatic carbocycles. The fraction of sp³-hybridized carbons (Fsp3) is 0.480. The first-order chi connectivity index (χ1) is 16.8. The molecule has 0 atom stereocenters. The van der Waals surface area contributed by atoms with Crippen molar-refractivity contribution in [3.8, 4) is 11.5 Å². The van der Waals surface area contributed by atoms with Crippen LogP contribution in [-0.2, 0) is 14.3 Å². The smallest absolute Gasteiger partial charge is 0.309 e. The molecule has 10 nitrogen and oxygen atoms in total. The number of amides is 2. The fourth-order valence-electron chi connectivity index (χ4n) is 4.33. The molecule has 4 heterocycles. The fourth-order valence-corrected chi connectivity index (χ4v) is 4.33. The maximum Gasteiger partial charge on any atom is 0.309 e. The molecule has 0 saturated carbocycles. The highest BCUT2D eigenvalue weighted by molar-refractivity contribution is 6.07. The molecular weight excluding hydrogens is 450 g/mol. The van der Waals surface area contributed by atoms with Gasteiger partial charge in [-0.25, -0.2) is 9.67 Å². The van der Waals surface area contributed by atoms with Crippen LogP contribution in [0, 0.1) is 5.92 Å².